The van der Waals surface area contributed by atoms with Crippen LogP contribution in [-0.4, -0.2) is 51.3 Å². The van der Waals surface area contributed by atoms with Gasteiger partial charge in [-0.2, -0.15) is 13.2 Å². The number of aryl methyl sites for hydroxylation is 1. The number of hydrogen-bond acceptors (Lipinski definition) is 5. The van der Waals surface area contributed by atoms with Crippen LogP contribution in [0.5, 0.6) is 0 Å². The number of likely N-dealkylation sites (N-methyl/N-ethyl adjacent to an activating group) is 1. The molecule has 1 aliphatic carbocycles. The molecule has 7 rings (SSSR count). The summed E-state index contributed by atoms with van der Waals surface area (Å²) >= 11 is 0. The normalized spacial score (nSPS) is 15.5. The zero-order valence-electron chi connectivity index (χ0n) is 26.3. The summed E-state index contributed by atoms with van der Waals surface area (Å²) in [7, 11) is 3.33. The van der Waals surface area contributed by atoms with Crippen LogP contribution in [0.2, 0.25) is 0 Å². The van der Waals surface area contributed by atoms with E-state index in [0.29, 0.717) is 47.3 Å². The van der Waals surface area contributed by atoms with Gasteiger partial charge in [-0.05, 0) is 62.1 Å². The Morgan fingerprint density at radius 2 is 1.81 bits per heavy atom. The minimum absolute atomic E-state index is 0.0239. The third-order valence-electron chi connectivity index (χ3n) is 9.24. The van der Waals surface area contributed by atoms with E-state index in [4.69, 9.17) is 0 Å². The molecule has 0 atom stereocenters. The van der Waals surface area contributed by atoms with E-state index in [9.17, 15) is 22.8 Å². The van der Waals surface area contributed by atoms with Gasteiger partial charge in [0.05, 0.1) is 34.3 Å². The van der Waals surface area contributed by atoms with Crippen molar-refractivity contribution in [3.8, 4) is 11.1 Å². The van der Waals surface area contributed by atoms with Gasteiger partial charge in [-0.25, -0.2) is 13.8 Å². The molecular formula is C35H31F5N6O2. The predicted octanol–water partition coefficient (Wildman–Crippen LogP) is 6.65. The highest BCUT2D eigenvalue weighted by atomic mass is 19.4. The van der Waals surface area contributed by atoms with Crippen LogP contribution >= 0.6 is 0 Å². The van der Waals surface area contributed by atoms with Crippen molar-refractivity contribution in [2.45, 2.75) is 37.9 Å². The number of carbonyl (C=O) groups is 2. The molecule has 2 aromatic carbocycles. The quantitative estimate of drug-likeness (QED) is 0.116. The van der Waals surface area contributed by atoms with Gasteiger partial charge in [-0.1, -0.05) is 12.1 Å². The summed E-state index contributed by atoms with van der Waals surface area (Å²) in [6.07, 6.45) is 3.47. The highest BCUT2D eigenvalue weighted by Crippen LogP contribution is 2.48. The van der Waals surface area contributed by atoms with Gasteiger partial charge in [0.2, 0.25) is 11.7 Å². The smallest absolute Gasteiger partial charge is 0.372 e. The number of nitrogens with zero attached hydrogens (tertiary/aromatic N) is 4. The Kier molecular flexibility index (Phi) is 7.42. The highest BCUT2D eigenvalue weighted by Gasteiger charge is 2.39. The Bertz CT molecular complexity index is 2150. The van der Waals surface area contributed by atoms with Crippen LogP contribution in [0.15, 0.2) is 61.1 Å². The second-order valence-corrected chi connectivity index (χ2v) is 12.7. The summed E-state index contributed by atoms with van der Waals surface area (Å²) in [6.45, 7) is 2.79. The van der Waals surface area contributed by atoms with Gasteiger partial charge in [0.25, 0.3) is 0 Å². The van der Waals surface area contributed by atoms with E-state index in [2.05, 4.69) is 22.5 Å². The first-order valence-electron chi connectivity index (χ1n) is 15.4. The lowest BCUT2D eigenvalue weighted by atomic mass is 9.92. The number of benzene rings is 2. The monoisotopic (exact) mass is 662 g/mol. The fourth-order valence-electron chi connectivity index (χ4n) is 6.39. The fourth-order valence-corrected chi connectivity index (χ4v) is 6.39. The van der Waals surface area contributed by atoms with E-state index >= 15 is 8.78 Å². The number of amides is 1. The van der Waals surface area contributed by atoms with Gasteiger partial charge in [0.1, 0.15) is 22.8 Å². The number of anilines is 2. The molecule has 4 heterocycles. The largest absolute Gasteiger partial charge is 0.417 e. The van der Waals surface area contributed by atoms with Gasteiger partial charge in [-0.15, -0.1) is 0 Å². The third kappa shape index (κ3) is 5.41. The van der Waals surface area contributed by atoms with E-state index < -0.39 is 40.8 Å². The van der Waals surface area contributed by atoms with Gasteiger partial charge >= 0.3 is 6.18 Å². The number of carbonyl (C=O) groups excluding carboxylic acids is 2. The van der Waals surface area contributed by atoms with Crippen LogP contribution in [0.3, 0.4) is 0 Å². The zero-order chi connectivity index (χ0) is 34.1. The predicted molar refractivity (Wildman–Crippen MR) is 172 cm³/mol. The van der Waals surface area contributed by atoms with Gasteiger partial charge < -0.3 is 24.5 Å². The van der Waals surface area contributed by atoms with Crippen molar-refractivity contribution in [1.29, 1.82) is 0 Å². The average molecular weight is 663 g/mol. The second-order valence-electron chi connectivity index (χ2n) is 12.7. The van der Waals surface area contributed by atoms with E-state index in [1.807, 2.05) is 0 Å². The Labute approximate surface area is 271 Å². The number of aromatic nitrogens is 3. The molecule has 0 spiro atoms. The topological polar surface area (TPSA) is 83.7 Å². The molecule has 5 aromatic rings. The Balaban J connectivity index is 1.28. The molecule has 1 fully saturated rings. The van der Waals surface area contributed by atoms with Gasteiger partial charge in [0, 0.05) is 61.7 Å². The van der Waals surface area contributed by atoms with E-state index in [0.717, 1.165) is 31.0 Å². The molecule has 1 amide bonds. The van der Waals surface area contributed by atoms with Crippen molar-refractivity contribution in [3.05, 3.63) is 95.1 Å². The molecule has 2 aliphatic rings. The van der Waals surface area contributed by atoms with Gasteiger partial charge in [0.15, 0.2) is 0 Å². The van der Waals surface area contributed by atoms with Crippen LogP contribution in [0.1, 0.15) is 46.9 Å². The van der Waals surface area contributed by atoms with Crippen molar-refractivity contribution < 1.29 is 31.5 Å². The molecule has 8 nitrogen and oxygen atoms in total. The van der Waals surface area contributed by atoms with Gasteiger partial charge in [-0.3, -0.25) is 9.59 Å². The Hall–Kier alpha value is -5.04. The lowest BCUT2D eigenvalue weighted by Crippen LogP contribution is -2.27. The summed E-state index contributed by atoms with van der Waals surface area (Å²) < 4.78 is 77.5. The van der Waals surface area contributed by atoms with Crippen LogP contribution in [0, 0.1) is 11.6 Å². The number of nitrogens with one attached hydrogen (secondary N) is 2. The summed E-state index contributed by atoms with van der Waals surface area (Å²) in [5.74, 6) is -3.77. The van der Waals surface area contributed by atoms with Crippen molar-refractivity contribution in [2.75, 3.05) is 30.4 Å². The summed E-state index contributed by atoms with van der Waals surface area (Å²) in [4.78, 5) is 32.3. The van der Waals surface area contributed by atoms with E-state index in [1.165, 1.54) is 27.4 Å². The average Bonchev–Trinajstić information content (AvgIpc) is 3.48. The SMILES string of the molecule is CN1CCc2cc(C(=O)c3cc(F)c(NC(=O)/C=C/CNC4(C)CC4)c(F)c3)n3cccc(c23)-c2c(C(F)(F)F)cc3c(ncn3C)c21. The molecule has 0 unspecified atom stereocenters. The number of fused-ring (bicyclic) bond motifs is 4. The van der Waals surface area contributed by atoms with Crippen LogP contribution < -0.4 is 15.5 Å². The number of rotatable bonds is 7. The van der Waals surface area contributed by atoms with Crippen LogP contribution in [-0.2, 0) is 24.4 Å². The Morgan fingerprint density at radius 3 is 2.50 bits per heavy atom. The van der Waals surface area contributed by atoms with Crippen LogP contribution in [0.4, 0.5) is 33.3 Å². The first-order valence-corrected chi connectivity index (χ1v) is 15.4. The van der Waals surface area contributed by atoms with Crippen LogP contribution in [0.25, 0.3) is 27.7 Å². The highest BCUT2D eigenvalue weighted by molar-refractivity contribution is 6.11. The molecule has 1 aliphatic heterocycles. The number of halogens is 5. The number of alkyl halides is 3. The summed E-state index contributed by atoms with van der Waals surface area (Å²) in [5, 5.41) is 5.45. The minimum atomic E-state index is -4.71. The molecule has 0 radical (unpaired) electrons. The summed E-state index contributed by atoms with van der Waals surface area (Å²) in [5.41, 5.74) is 0.440. The number of pyridine rings is 1. The number of hydrogen-bond donors (Lipinski definition) is 2. The van der Waals surface area contributed by atoms with E-state index in [-0.39, 0.29) is 27.9 Å². The third-order valence-corrected chi connectivity index (χ3v) is 9.24. The molecule has 2 N–H and O–H groups in total. The lowest BCUT2D eigenvalue weighted by molar-refractivity contribution is -0.137. The molecule has 0 bridgehead atoms. The summed E-state index contributed by atoms with van der Waals surface area (Å²) in [6, 6.07) is 7.42. The molecule has 13 heteroatoms. The minimum Gasteiger partial charge on any atom is -0.372 e. The maximum atomic E-state index is 15.2. The lowest BCUT2D eigenvalue weighted by Gasteiger charge is -2.28. The number of imidazole rings is 1. The van der Waals surface area contributed by atoms with E-state index in [1.54, 1.807) is 43.4 Å². The molecule has 1 saturated carbocycles. The zero-order valence-corrected chi connectivity index (χ0v) is 26.3. The standard InChI is InChI=1S/C35H31F5N6O2/c1-34(9-10-34)42-11-4-7-27(47)43-29-23(36)14-20(15-24(29)37)33(48)26-16-19-8-13-44(2)32-28(21-6-5-12-46(26)31(19)21)22(35(38,39)40)17-25-30(32)41-18-45(25)3/h4-7,12,14-18,42H,8-11,13H2,1-3H3,(H,43,47)/b7-4+. The van der Waals surface area contributed by atoms with Crippen molar-refractivity contribution in [1.82, 2.24) is 19.3 Å². The molecule has 48 heavy (non-hydrogen) atoms. The first kappa shape index (κ1) is 31.6. The fraction of sp³-hybridized carbons (Fsp3) is 0.286. The Morgan fingerprint density at radius 1 is 1.08 bits per heavy atom. The van der Waals surface area contributed by atoms with Crippen molar-refractivity contribution >= 4 is 39.6 Å². The second kappa shape index (κ2) is 11.3. The maximum absolute atomic E-state index is 15.2. The molecular weight excluding hydrogens is 631 g/mol. The molecule has 248 valence electrons. The maximum Gasteiger partial charge on any atom is 0.417 e. The van der Waals surface area contributed by atoms with Crippen molar-refractivity contribution in [3.63, 3.8) is 0 Å². The first-order chi connectivity index (χ1) is 22.8. The number of ketones is 1. The molecule has 0 saturated heterocycles. The molecule has 3 aromatic heterocycles. The van der Waals surface area contributed by atoms with Crippen molar-refractivity contribution in [2.24, 2.45) is 7.05 Å².